The van der Waals surface area contributed by atoms with Crippen LogP contribution < -0.4 is 4.98 Å². The van der Waals surface area contributed by atoms with E-state index in [9.17, 15) is 0 Å². The number of aromatic nitrogens is 18. The zero-order valence-corrected chi connectivity index (χ0v) is 20.2. The molecule has 0 amide bonds. The summed E-state index contributed by atoms with van der Waals surface area (Å²) in [5.74, 6) is 0.791. The number of nitrogens with one attached hydrogen (secondary N) is 5. The molecule has 0 saturated heterocycles. The number of hydrogen-bond acceptors (Lipinski definition) is 19. The topological polar surface area (TPSA) is 527 Å². The molecule has 5 rings (SSSR count). The van der Waals surface area contributed by atoms with Crippen LogP contribution in [-0.2, 0) is 26.3 Å². The zero-order valence-electron chi connectivity index (χ0n) is 18.6. The van der Waals surface area contributed by atoms with Crippen LogP contribution in [0.25, 0.3) is 46.1 Å². The van der Waals surface area contributed by atoms with E-state index in [2.05, 4.69) is 92.5 Å². The minimum atomic E-state index is -4.92. The monoisotopic (exact) mass is 620 g/mol. The highest BCUT2D eigenvalue weighted by Gasteiger charge is 2.32. The van der Waals surface area contributed by atoms with Gasteiger partial charge in [-0.05, 0) is 20.9 Å². The Morgan fingerprint density at radius 3 is 1.05 bits per heavy atom. The maximum atomic E-state index is 8.63. The molecule has 0 atom stereocenters. The molecule has 0 unspecified atom stereocenters. The minimum Gasteiger partial charge on any atom is -0.726 e. The minimum absolute atomic E-state index is 0. The zero-order chi connectivity index (χ0) is 26.3. The Morgan fingerprint density at radius 2 is 0.825 bits per heavy atom. The first kappa shape index (κ1) is 37.1. The molecule has 0 aliphatic heterocycles. The van der Waals surface area contributed by atoms with E-state index in [1.807, 2.05) is 0 Å². The van der Waals surface area contributed by atoms with Gasteiger partial charge in [0.1, 0.15) is 0 Å². The fourth-order valence-electron chi connectivity index (χ4n) is 2.17. The maximum Gasteiger partial charge on any atom is 0.283 e. The summed E-state index contributed by atoms with van der Waals surface area (Å²) in [6, 6.07) is 0. The van der Waals surface area contributed by atoms with Crippen LogP contribution in [0.2, 0.25) is 0 Å². The van der Waals surface area contributed by atoms with Crippen molar-refractivity contribution >= 4 is 20.8 Å². The average Bonchev–Trinajstić information content (AvgIpc) is 3.58. The maximum absolute atomic E-state index is 8.63. The fourth-order valence-corrected chi connectivity index (χ4v) is 2.17. The lowest BCUT2D eigenvalue weighted by Gasteiger charge is -2.01. The van der Waals surface area contributed by atoms with Crippen molar-refractivity contribution in [1.29, 1.82) is 0 Å². The molecule has 30 nitrogen and oxygen atoms in total. The summed E-state index contributed by atoms with van der Waals surface area (Å²) in [6.07, 6.45) is 0. The molecule has 0 spiro atoms. The first-order chi connectivity index (χ1) is 16.9. The molecular weight excluding hydrogens is 604 g/mol. The second-order valence-electron chi connectivity index (χ2n) is 5.48. The normalized spacial score (nSPS) is 10.1. The van der Waals surface area contributed by atoms with Crippen LogP contribution in [0.5, 0.6) is 0 Å². The summed E-state index contributed by atoms with van der Waals surface area (Å²) in [7, 11) is -9.83. The van der Waals surface area contributed by atoms with E-state index in [4.69, 9.17) is 35.0 Å². The molecular formula is C8H16N18O12S2. The second kappa shape index (κ2) is 15.4. The predicted molar refractivity (Wildman–Crippen MR) is 114 cm³/mol. The van der Waals surface area contributed by atoms with Crippen LogP contribution in [0, 0.1) is 0 Å². The summed E-state index contributed by atoms with van der Waals surface area (Å²) >= 11 is 0. The van der Waals surface area contributed by atoms with Gasteiger partial charge in [0, 0.05) is 0 Å². The van der Waals surface area contributed by atoms with Crippen LogP contribution >= 0.6 is 0 Å². The largest absolute Gasteiger partial charge is 0.726 e. The summed E-state index contributed by atoms with van der Waals surface area (Å²) in [6.45, 7) is 0. The van der Waals surface area contributed by atoms with Crippen LogP contribution in [0.15, 0.2) is 0 Å². The van der Waals surface area contributed by atoms with Crippen molar-refractivity contribution < 1.29 is 61.9 Å². The number of rotatable bonds is 4. The Morgan fingerprint density at radius 1 is 0.575 bits per heavy atom. The third-order valence-corrected chi connectivity index (χ3v) is 3.20. The SMILES string of the molecule is O.O.O.O=S(=O)([O-])O.O=S(=O)([O-])O.[OH3+].n1nc(-c2nc(-c3nn[nH]n3)c(-c3nn[nH]n3)[nH+]c2-c2nn[nH]n2)n[nH]1. The van der Waals surface area contributed by atoms with Gasteiger partial charge in [-0.3, -0.25) is 9.11 Å². The molecule has 0 aliphatic rings. The van der Waals surface area contributed by atoms with Crippen molar-refractivity contribution in [3.05, 3.63) is 0 Å². The summed E-state index contributed by atoms with van der Waals surface area (Å²) in [5, 5.41) is 55.2. The molecule has 5 aromatic rings. The molecule has 0 fully saturated rings. The molecule has 0 aliphatic carbocycles. The Balaban J connectivity index is 0. The standard InChI is InChI=1S/C8H4N18.2H2O4S.4H2O/c9-1(5-11-19-20-12-5)2(6-13-21-22-14-6)10-4(8-17-25-26-18-8)3(9)7-15-23-24-16-7;2*1-5(2,3)4;;;;/h(H,11,12,19,20)(H,13,14,21,22)(H,15,16,23,24)(H,17,18,25,26);2*(H2,1,2,3,4);4*1H2. The quantitative estimate of drug-likeness (QED) is 0.0616. The first-order valence-electron chi connectivity index (χ1n) is 8.19. The molecule has 16 N–H and O–H groups in total. The molecule has 0 radical (unpaired) electrons. The van der Waals surface area contributed by atoms with Gasteiger partial charge >= 0.3 is 0 Å². The van der Waals surface area contributed by atoms with Crippen molar-refractivity contribution in [2.75, 3.05) is 0 Å². The summed E-state index contributed by atoms with van der Waals surface area (Å²) in [4.78, 5) is 7.61. The lowest BCUT2D eigenvalue weighted by molar-refractivity contribution is -0.351. The van der Waals surface area contributed by atoms with Gasteiger partial charge in [-0.25, -0.2) is 21.8 Å². The highest BCUT2D eigenvalue weighted by atomic mass is 32.3. The molecule has 0 bridgehead atoms. The predicted octanol–water partition coefficient (Wildman–Crippen LogP) is -8.77. The Bertz CT molecular complexity index is 1360. The van der Waals surface area contributed by atoms with E-state index in [0.29, 0.717) is 11.4 Å². The molecule has 5 aromatic heterocycles. The van der Waals surface area contributed by atoms with Gasteiger partial charge in [0.15, 0.2) is 11.4 Å². The molecule has 0 saturated carbocycles. The van der Waals surface area contributed by atoms with Crippen LogP contribution in [0.1, 0.15) is 0 Å². The fraction of sp³-hybridized carbons (Fsp3) is 0. The van der Waals surface area contributed by atoms with Gasteiger partial charge in [-0.2, -0.15) is 25.8 Å². The Kier molecular flexibility index (Phi) is 14.3. The van der Waals surface area contributed by atoms with Crippen LogP contribution in [0.4, 0.5) is 0 Å². The Labute approximate surface area is 216 Å². The van der Waals surface area contributed by atoms with Crippen molar-refractivity contribution in [2.45, 2.75) is 0 Å². The van der Waals surface area contributed by atoms with E-state index < -0.39 is 20.8 Å². The van der Waals surface area contributed by atoms with E-state index in [1.54, 1.807) is 0 Å². The van der Waals surface area contributed by atoms with E-state index in [0.717, 1.165) is 0 Å². The number of tetrazole rings is 4. The molecule has 40 heavy (non-hydrogen) atoms. The van der Waals surface area contributed by atoms with Crippen LogP contribution in [-0.4, -0.2) is 139 Å². The highest BCUT2D eigenvalue weighted by Crippen LogP contribution is 2.28. The second-order valence-corrected chi connectivity index (χ2v) is 7.19. The van der Waals surface area contributed by atoms with Crippen molar-refractivity contribution in [1.82, 2.24) is 87.5 Å². The number of nitrogens with zero attached hydrogens (tertiary/aromatic N) is 13. The van der Waals surface area contributed by atoms with Gasteiger partial charge in [0.2, 0.25) is 32.4 Å². The number of aromatic amines is 5. The molecule has 0 aromatic carbocycles. The number of H-pyrrole nitrogens is 5. The molecule has 222 valence electrons. The summed E-state index contributed by atoms with van der Waals surface area (Å²) in [5.41, 5.74) is 1.22. The summed E-state index contributed by atoms with van der Waals surface area (Å²) < 4.78 is 65.7. The van der Waals surface area contributed by atoms with Gasteiger partial charge in [0.25, 0.3) is 23.0 Å². The average molecular weight is 620 g/mol. The van der Waals surface area contributed by atoms with Crippen molar-refractivity contribution in [2.24, 2.45) is 0 Å². The van der Waals surface area contributed by atoms with Gasteiger partial charge in [-0.1, -0.05) is 0 Å². The third kappa shape index (κ3) is 11.1. The lowest BCUT2D eigenvalue weighted by Crippen LogP contribution is -2.18. The van der Waals surface area contributed by atoms with Gasteiger partial charge in [0.05, 0.1) is 0 Å². The van der Waals surface area contributed by atoms with E-state index >= 15 is 0 Å². The van der Waals surface area contributed by atoms with Crippen LogP contribution in [0.3, 0.4) is 0 Å². The number of hydrogen-bond donors (Lipinski definition) is 6. The highest BCUT2D eigenvalue weighted by molar-refractivity contribution is 7.80. The first-order valence-corrected chi connectivity index (χ1v) is 10.9. The third-order valence-electron chi connectivity index (χ3n) is 3.20. The smallest absolute Gasteiger partial charge is 0.283 e. The van der Waals surface area contributed by atoms with Gasteiger partial charge < -0.3 is 31.0 Å². The van der Waals surface area contributed by atoms with Crippen molar-refractivity contribution in [3.8, 4) is 46.1 Å². The van der Waals surface area contributed by atoms with E-state index in [-0.39, 0.29) is 56.6 Å². The molecule has 32 heteroatoms. The van der Waals surface area contributed by atoms with Crippen molar-refractivity contribution in [3.63, 3.8) is 0 Å². The van der Waals surface area contributed by atoms with E-state index in [1.165, 1.54) is 0 Å². The molecule has 5 heterocycles. The van der Waals surface area contributed by atoms with Gasteiger partial charge in [-0.15, -0.1) is 40.8 Å². The Hall–Kier alpha value is -5.06. The lowest BCUT2D eigenvalue weighted by atomic mass is 10.2.